The van der Waals surface area contributed by atoms with Crippen LogP contribution in [0.4, 0.5) is 8.78 Å². The minimum absolute atomic E-state index is 0. The quantitative estimate of drug-likeness (QED) is 0.863. The zero-order valence-corrected chi connectivity index (χ0v) is 13.1. The second-order valence-electron chi connectivity index (χ2n) is 5.34. The van der Waals surface area contributed by atoms with E-state index in [-0.39, 0.29) is 43.4 Å². The molecule has 1 aliphatic heterocycles. The maximum absolute atomic E-state index is 13.5. The Morgan fingerprint density at radius 3 is 2.64 bits per heavy atom. The lowest BCUT2D eigenvalue weighted by Crippen LogP contribution is -2.49. The van der Waals surface area contributed by atoms with Crippen molar-refractivity contribution in [2.45, 2.75) is 19.3 Å². The molecule has 0 bridgehead atoms. The van der Waals surface area contributed by atoms with Crippen LogP contribution in [0.25, 0.3) is 0 Å². The third-order valence-electron chi connectivity index (χ3n) is 4.01. The number of carbonyl (C=O) groups excluding carboxylic acids is 1. The summed E-state index contributed by atoms with van der Waals surface area (Å²) < 4.78 is 31.8. The molecule has 2 rings (SSSR count). The van der Waals surface area contributed by atoms with Crippen LogP contribution in [0.15, 0.2) is 18.2 Å². The number of rotatable bonds is 5. The van der Waals surface area contributed by atoms with Gasteiger partial charge in [0.05, 0.1) is 5.41 Å². The van der Waals surface area contributed by atoms with Gasteiger partial charge in [0.15, 0.2) is 0 Å². The maximum atomic E-state index is 13.5. The van der Waals surface area contributed by atoms with Gasteiger partial charge in [0, 0.05) is 26.3 Å². The molecule has 0 spiro atoms. The van der Waals surface area contributed by atoms with Crippen LogP contribution < -0.4 is 11.1 Å². The van der Waals surface area contributed by atoms with E-state index in [1.807, 2.05) is 0 Å². The first-order chi connectivity index (χ1) is 10.1. The molecule has 0 radical (unpaired) electrons. The molecule has 1 heterocycles. The molecule has 0 aliphatic carbocycles. The zero-order valence-electron chi connectivity index (χ0n) is 12.2. The number of carbonyl (C=O) groups is 1. The van der Waals surface area contributed by atoms with Gasteiger partial charge in [-0.15, -0.1) is 12.4 Å². The van der Waals surface area contributed by atoms with E-state index in [2.05, 4.69) is 5.32 Å². The summed E-state index contributed by atoms with van der Waals surface area (Å²) in [5.41, 5.74) is 5.40. The lowest BCUT2D eigenvalue weighted by atomic mass is 9.79. The summed E-state index contributed by atoms with van der Waals surface area (Å²) in [5, 5.41) is 2.78. The lowest BCUT2D eigenvalue weighted by molar-refractivity contribution is -0.135. The summed E-state index contributed by atoms with van der Waals surface area (Å²) in [7, 11) is 0. The SMILES string of the molecule is Cl.NCC1(C(=O)NCCc2cc(F)ccc2F)CCOCC1. The summed E-state index contributed by atoms with van der Waals surface area (Å²) in [5.74, 6) is -1.09. The predicted molar refractivity (Wildman–Crippen MR) is 81.9 cm³/mol. The molecule has 0 atom stereocenters. The normalized spacial score (nSPS) is 16.7. The van der Waals surface area contributed by atoms with Crippen molar-refractivity contribution in [2.24, 2.45) is 11.1 Å². The highest BCUT2D eigenvalue weighted by molar-refractivity contribution is 5.85. The van der Waals surface area contributed by atoms with Gasteiger partial charge in [-0.3, -0.25) is 4.79 Å². The molecule has 1 saturated heterocycles. The van der Waals surface area contributed by atoms with Gasteiger partial charge < -0.3 is 15.8 Å². The van der Waals surface area contributed by atoms with Crippen LogP contribution in [-0.4, -0.2) is 32.2 Å². The van der Waals surface area contributed by atoms with Crippen LogP contribution in [0.2, 0.25) is 0 Å². The van der Waals surface area contributed by atoms with Gasteiger partial charge in [-0.2, -0.15) is 0 Å². The second-order valence-corrected chi connectivity index (χ2v) is 5.34. The van der Waals surface area contributed by atoms with Crippen molar-refractivity contribution in [1.29, 1.82) is 0 Å². The van der Waals surface area contributed by atoms with Crippen LogP contribution >= 0.6 is 12.4 Å². The molecule has 1 aromatic carbocycles. The Bertz CT molecular complexity index is 508. The Hall–Kier alpha value is -1.24. The number of nitrogens with two attached hydrogens (primary N) is 1. The van der Waals surface area contributed by atoms with Crippen molar-refractivity contribution < 1.29 is 18.3 Å². The molecule has 0 saturated carbocycles. The number of halogens is 3. The van der Waals surface area contributed by atoms with E-state index in [1.165, 1.54) is 0 Å². The molecular formula is C15H21ClF2N2O2. The molecule has 1 amide bonds. The van der Waals surface area contributed by atoms with Gasteiger partial charge in [0.2, 0.25) is 5.91 Å². The molecule has 4 nitrogen and oxygen atoms in total. The van der Waals surface area contributed by atoms with Crippen molar-refractivity contribution >= 4 is 18.3 Å². The first-order valence-electron chi connectivity index (χ1n) is 7.07. The molecule has 124 valence electrons. The summed E-state index contributed by atoms with van der Waals surface area (Å²) >= 11 is 0. The Labute approximate surface area is 134 Å². The van der Waals surface area contributed by atoms with E-state index < -0.39 is 17.0 Å². The minimum atomic E-state index is -0.598. The third-order valence-corrected chi connectivity index (χ3v) is 4.01. The van der Waals surface area contributed by atoms with E-state index in [9.17, 15) is 13.6 Å². The van der Waals surface area contributed by atoms with Crippen molar-refractivity contribution in [3.63, 3.8) is 0 Å². The fourth-order valence-electron chi connectivity index (χ4n) is 2.52. The number of ether oxygens (including phenoxy) is 1. The van der Waals surface area contributed by atoms with E-state index in [0.29, 0.717) is 26.1 Å². The number of hydrogen-bond donors (Lipinski definition) is 2. The van der Waals surface area contributed by atoms with E-state index in [0.717, 1.165) is 18.2 Å². The summed E-state index contributed by atoms with van der Waals surface area (Å²) in [4.78, 5) is 12.3. The van der Waals surface area contributed by atoms with Gasteiger partial charge in [0.25, 0.3) is 0 Å². The standard InChI is InChI=1S/C15H20F2N2O2.ClH/c16-12-1-2-13(17)11(9-12)3-6-19-14(20)15(10-18)4-7-21-8-5-15;/h1-2,9H,3-8,10,18H2,(H,19,20);1H. The topological polar surface area (TPSA) is 64.4 Å². The van der Waals surface area contributed by atoms with Crippen molar-refractivity contribution in [2.75, 3.05) is 26.3 Å². The minimum Gasteiger partial charge on any atom is -0.381 e. The van der Waals surface area contributed by atoms with Crippen molar-refractivity contribution in [3.8, 4) is 0 Å². The molecular weight excluding hydrogens is 314 g/mol. The Morgan fingerprint density at radius 2 is 2.00 bits per heavy atom. The second kappa shape index (κ2) is 8.41. The average Bonchev–Trinajstić information content (AvgIpc) is 2.51. The first kappa shape index (κ1) is 18.8. The summed E-state index contributed by atoms with van der Waals surface area (Å²) in [6.07, 6.45) is 1.42. The molecule has 1 aliphatic rings. The van der Waals surface area contributed by atoms with Gasteiger partial charge >= 0.3 is 0 Å². The molecule has 22 heavy (non-hydrogen) atoms. The monoisotopic (exact) mass is 334 g/mol. The van der Waals surface area contributed by atoms with E-state index >= 15 is 0 Å². The molecule has 0 unspecified atom stereocenters. The average molecular weight is 335 g/mol. The lowest BCUT2D eigenvalue weighted by Gasteiger charge is -2.34. The highest BCUT2D eigenvalue weighted by Crippen LogP contribution is 2.29. The van der Waals surface area contributed by atoms with Crippen molar-refractivity contribution in [1.82, 2.24) is 5.32 Å². The first-order valence-corrected chi connectivity index (χ1v) is 7.07. The molecule has 1 aromatic rings. The van der Waals surface area contributed by atoms with Gasteiger partial charge in [-0.05, 0) is 43.0 Å². The fourth-order valence-corrected chi connectivity index (χ4v) is 2.52. The summed E-state index contributed by atoms with van der Waals surface area (Å²) in [6, 6.07) is 3.31. The zero-order chi connectivity index (χ0) is 15.3. The summed E-state index contributed by atoms with van der Waals surface area (Å²) in [6.45, 7) is 1.55. The predicted octanol–water partition coefficient (Wildman–Crippen LogP) is 1.80. The number of nitrogens with one attached hydrogen (secondary N) is 1. The van der Waals surface area contributed by atoms with E-state index in [4.69, 9.17) is 10.5 Å². The third kappa shape index (κ3) is 4.38. The highest BCUT2D eigenvalue weighted by Gasteiger charge is 2.38. The molecule has 3 N–H and O–H groups in total. The molecule has 7 heteroatoms. The van der Waals surface area contributed by atoms with Crippen molar-refractivity contribution in [3.05, 3.63) is 35.4 Å². The highest BCUT2D eigenvalue weighted by atomic mass is 35.5. The van der Waals surface area contributed by atoms with Gasteiger partial charge in [-0.1, -0.05) is 0 Å². The Kier molecular flexibility index (Phi) is 7.19. The van der Waals surface area contributed by atoms with Gasteiger partial charge in [-0.25, -0.2) is 8.78 Å². The van der Waals surface area contributed by atoms with E-state index in [1.54, 1.807) is 0 Å². The molecule has 0 aromatic heterocycles. The number of benzene rings is 1. The molecule has 1 fully saturated rings. The number of amides is 1. The van der Waals surface area contributed by atoms with Crippen LogP contribution in [0, 0.1) is 17.0 Å². The van der Waals surface area contributed by atoms with Crippen LogP contribution in [-0.2, 0) is 16.0 Å². The van der Waals surface area contributed by atoms with Crippen LogP contribution in [0.3, 0.4) is 0 Å². The Balaban J connectivity index is 0.00000242. The Morgan fingerprint density at radius 1 is 1.32 bits per heavy atom. The largest absolute Gasteiger partial charge is 0.381 e. The van der Waals surface area contributed by atoms with Crippen LogP contribution in [0.5, 0.6) is 0 Å². The fraction of sp³-hybridized carbons (Fsp3) is 0.533. The van der Waals surface area contributed by atoms with Gasteiger partial charge in [0.1, 0.15) is 11.6 Å². The number of hydrogen-bond acceptors (Lipinski definition) is 3. The maximum Gasteiger partial charge on any atom is 0.227 e. The van der Waals surface area contributed by atoms with Crippen LogP contribution in [0.1, 0.15) is 18.4 Å². The smallest absolute Gasteiger partial charge is 0.227 e.